The highest BCUT2D eigenvalue weighted by molar-refractivity contribution is 5.17. The number of ether oxygens (including phenoxy) is 1. The van der Waals surface area contributed by atoms with Crippen molar-refractivity contribution in [3.05, 3.63) is 35.9 Å². The van der Waals surface area contributed by atoms with Crippen molar-refractivity contribution in [3.8, 4) is 0 Å². The zero-order valence-electron chi connectivity index (χ0n) is 10.1. The molecule has 0 radical (unpaired) electrons. The molecule has 0 amide bonds. The van der Waals surface area contributed by atoms with Crippen LogP contribution in [0.5, 0.6) is 0 Å². The summed E-state index contributed by atoms with van der Waals surface area (Å²) >= 11 is 0. The number of aliphatic hydroxyl groups is 1. The maximum absolute atomic E-state index is 9.96. The Hall–Kier alpha value is -0.900. The maximum atomic E-state index is 9.96. The normalized spacial score (nSPS) is 22.3. The van der Waals surface area contributed by atoms with Crippen LogP contribution in [0.1, 0.15) is 24.5 Å². The van der Waals surface area contributed by atoms with Crippen LogP contribution >= 0.6 is 0 Å². The molecule has 1 saturated heterocycles. The smallest absolute Gasteiger partial charge is 0.0914 e. The Morgan fingerprint density at radius 1 is 1.35 bits per heavy atom. The van der Waals surface area contributed by atoms with E-state index in [1.807, 2.05) is 30.3 Å². The van der Waals surface area contributed by atoms with Crippen LogP contribution in [0.15, 0.2) is 30.3 Å². The van der Waals surface area contributed by atoms with Gasteiger partial charge in [-0.2, -0.15) is 0 Å². The van der Waals surface area contributed by atoms with E-state index in [0.717, 1.165) is 31.7 Å². The van der Waals surface area contributed by atoms with Crippen LogP contribution in [0.2, 0.25) is 0 Å². The molecular formula is C14H21NO2. The molecule has 17 heavy (non-hydrogen) atoms. The highest BCUT2D eigenvalue weighted by atomic mass is 16.5. The lowest BCUT2D eigenvalue weighted by atomic mass is 10.0. The van der Waals surface area contributed by atoms with E-state index < -0.39 is 6.10 Å². The first kappa shape index (κ1) is 12.6. The second-order valence-corrected chi connectivity index (χ2v) is 4.67. The van der Waals surface area contributed by atoms with Crippen molar-refractivity contribution in [2.75, 3.05) is 26.3 Å². The van der Waals surface area contributed by atoms with Gasteiger partial charge < -0.3 is 15.2 Å². The minimum Gasteiger partial charge on any atom is -0.387 e. The first-order chi connectivity index (χ1) is 8.36. The summed E-state index contributed by atoms with van der Waals surface area (Å²) in [5.41, 5.74) is 0.972. The molecule has 1 aliphatic heterocycles. The largest absolute Gasteiger partial charge is 0.387 e. The predicted molar refractivity (Wildman–Crippen MR) is 67.8 cm³/mol. The van der Waals surface area contributed by atoms with Gasteiger partial charge in [-0.25, -0.2) is 0 Å². The summed E-state index contributed by atoms with van der Waals surface area (Å²) in [5.74, 6) is 0.603. The lowest BCUT2D eigenvalue weighted by Crippen LogP contribution is -2.31. The monoisotopic (exact) mass is 235 g/mol. The van der Waals surface area contributed by atoms with Gasteiger partial charge in [0.15, 0.2) is 0 Å². The Bertz CT molecular complexity index is 309. The molecule has 1 aromatic carbocycles. The fraction of sp³-hybridized carbons (Fsp3) is 0.571. The Balaban J connectivity index is 1.67. The average molecular weight is 235 g/mol. The molecule has 3 heteroatoms. The Kier molecular flexibility index (Phi) is 4.98. The second-order valence-electron chi connectivity index (χ2n) is 4.67. The molecule has 0 saturated carbocycles. The topological polar surface area (TPSA) is 41.5 Å². The van der Waals surface area contributed by atoms with Crippen LogP contribution in [0.25, 0.3) is 0 Å². The maximum Gasteiger partial charge on any atom is 0.0914 e. The molecule has 1 aromatic rings. The molecule has 0 aliphatic carbocycles. The van der Waals surface area contributed by atoms with Crippen LogP contribution in [-0.2, 0) is 4.74 Å². The Morgan fingerprint density at radius 3 is 2.88 bits per heavy atom. The number of aliphatic hydroxyl groups excluding tert-OH is 1. The van der Waals surface area contributed by atoms with Gasteiger partial charge in [0, 0.05) is 19.7 Å². The molecule has 2 N–H and O–H groups in total. The van der Waals surface area contributed by atoms with Crippen LogP contribution in [-0.4, -0.2) is 31.4 Å². The zero-order valence-corrected chi connectivity index (χ0v) is 10.1. The molecule has 0 aromatic heterocycles. The summed E-state index contributed by atoms with van der Waals surface area (Å²) in [6.45, 7) is 3.31. The summed E-state index contributed by atoms with van der Waals surface area (Å²) in [7, 11) is 0. The lowest BCUT2D eigenvalue weighted by Gasteiger charge is -2.23. The van der Waals surface area contributed by atoms with Crippen LogP contribution in [0.3, 0.4) is 0 Å². The van der Waals surface area contributed by atoms with Crippen LogP contribution in [0, 0.1) is 5.92 Å². The summed E-state index contributed by atoms with van der Waals surface area (Å²) in [6.07, 6.45) is 1.97. The molecule has 2 rings (SSSR count). The van der Waals surface area contributed by atoms with E-state index in [2.05, 4.69) is 5.32 Å². The molecule has 0 bridgehead atoms. The molecule has 2 atom stereocenters. The third-order valence-electron chi connectivity index (χ3n) is 3.21. The molecule has 94 valence electrons. The van der Waals surface area contributed by atoms with E-state index in [-0.39, 0.29) is 0 Å². The fourth-order valence-electron chi connectivity index (χ4n) is 2.19. The van der Waals surface area contributed by atoms with E-state index in [1.54, 1.807) is 0 Å². The van der Waals surface area contributed by atoms with Crippen molar-refractivity contribution in [2.24, 2.45) is 5.92 Å². The van der Waals surface area contributed by atoms with Crippen LogP contribution in [0.4, 0.5) is 0 Å². The molecular weight excluding hydrogens is 214 g/mol. The second kappa shape index (κ2) is 6.74. The quantitative estimate of drug-likeness (QED) is 0.816. The third kappa shape index (κ3) is 4.11. The number of nitrogens with one attached hydrogen (secondary N) is 1. The number of hydrogen-bond donors (Lipinski definition) is 2. The number of benzene rings is 1. The Morgan fingerprint density at radius 2 is 2.18 bits per heavy atom. The molecule has 1 aliphatic rings. The molecule has 2 unspecified atom stereocenters. The minimum atomic E-state index is -0.416. The highest BCUT2D eigenvalue weighted by Gasteiger charge is 2.14. The van der Waals surface area contributed by atoms with Gasteiger partial charge in [-0.15, -0.1) is 0 Å². The zero-order chi connectivity index (χ0) is 11.9. The standard InChI is InChI=1S/C14H21NO2/c16-14(13-6-2-1-3-7-13)10-15-9-12-5-4-8-17-11-12/h1-3,6-7,12,14-16H,4-5,8-11H2. The van der Waals surface area contributed by atoms with Gasteiger partial charge in [0.2, 0.25) is 0 Å². The molecule has 0 spiro atoms. The van der Waals surface area contributed by atoms with Gasteiger partial charge >= 0.3 is 0 Å². The Labute approximate surface area is 103 Å². The van der Waals surface area contributed by atoms with Crippen molar-refractivity contribution in [3.63, 3.8) is 0 Å². The number of hydrogen-bond acceptors (Lipinski definition) is 3. The predicted octanol–water partition coefficient (Wildman–Crippen LogP) is 1.74. The highest BCUT2D eigenvalue weighted by Crippen LogP contribution is 2.13. The molecule has 1 heterocycles. The van der Waals surface area contributed by atoms with E-state index >= 15 is 0 Å². The van der Waals surface area contributed by atoms with Crippen molar-refractivity contribution in [1.82, 2.24) is 5.32 Å². The van der Waals surface area contributed by atoms with Crippen molar-refractivity contribution in [1.29, 1.82) is 0 Å². The van der Waals surface area contributed by atoms with Gasteiger partial charge in [0.25, 0.3) is 0 Å². The molecule has 3 nitrogen and oxygen atoms in total. The first-order valence-electron chi connectivity index (χ1n) is 6.38. The fourth-order valence-corrected chi connectivity index (χ4v) is 2.19. The van der Waals surface area contributed by atoms with Gasteiger partial charge in [0.05, 0.1) is 12.7 Å². The SMILES string of the molecule is OC(CNCC1CCCOC1)c1ccccc1. The summed E-state index contributed by atoms with van der Waals surface area (Å²) in [6, 6.07) is 9.77. The van der Waals surface area contributed by atoms with Gasteiger partial charge in [-0.1, -0.05) is 30.3 Å². The van der Waals surface area contributed by atoms with Crippen molar-refractivity contribution < 1.29 is 9.84 Å². The van der Waals surface area contributed by atoms with Crippen molar-refractivity contribution >= 4 is 0 Å². The van der Waals surface area contributed by atoms with Gasteiger partial charge in [-0.3, -0.25) is 0 Å². The van der Waals surface area contributed by atoms with E-state index in [1.165, 1.54) is 6.42 Å². The summed E-state index contributed by atoms with van der Waals surface area (Å²) in [4.78, 5) is 0. The van der Waals surface area contributed by atoms with Crippen LogP contribution < -0.4 is 5.32 Å². The van der Waals surface area contributed by atoms with E-state index in [0.29, 0.717) is 12.5 Å². The lowest BCUT2D eigenvalue weighted by molar-refractivity contribution is 0.0532. The minimum absolute atomic E-state index is 0.416. The summed E-state index contributed by atoms with van der Waals surface area (Å²) < 4.78 is 5.42. The van der Waals surface area contributed by atoms with Gasteiger partial charge in [-0.05, 0) is 24.3 Å². The van der Waals surface area contributed by atoms with E-state index in [9.17, 15) is 5.11 Å². The van der Waals surface area contributed by atoms with Gasteiger partial charge in [0.1, 0.15) is 0 Å². The van der Waals surface area contributed by atoms with E-state index in [4.69, 9.17) is 4.74 Å². The molecule has 1 fully saturated rings. The number of rotatable bonds is 5. The van der Waals surface area contributed by atoms with Crippen molar-refractivity contribution in [2.45, 2.75) is 18.9 Å². The first-order valence-corrected chi connectivity index (χ1v) is 6.38. The average Bonchev–Trinajstić information content (AvgIpc) is 2.41. The third-order valence-corrected chi connectivity index (χ3v) is 3.21. The summed E-state index contributed by atoms with van der Waals surface area (Å²) in [5, 5.41) is 13.3.